The van der Waals surface area contributed by atoms with Gasteiger partial charge in [-0.05, 0) is 73.9 Å². The van der Waals surface area contributed by atoms with Gasteiger partial charge in [0.15, 0.2) is 0 Å². The summed E-state index contributed by atoms with van der Waals surface area (Å²) in [5.41, 5.74) is 4.95. The van der Waals surface area contributed by atoms with Gasteiger partial charge in [-0.1, -0.05) is 42.0 Å². The van der Waals surface area contributed by atoms with E-state index in [2.05, 4.69) is 10.0 Å². The maximum absolute atomic E-state index is 12.7. The Kier molecular flexibility index (Phi) is 6.37. The number of benzene rings is 3. The summed E-state index contributed by atoms with van der Waals surface area (Å²) in [6, 6.07) is 19.5. The van der Waals surface area contributed by atoms with Crippen molar-refractivity contribution in [1.29, 1.82) is 0 Å². The van der Waals surface area contributed by atoms with Gasteiger partial charge in [0, 0.05) is 11.8 Å². The van der Waals surface area contributed by atoms with Crippen molar-refractivity contribution in [3.05, 3.63) is 95.1 Å². The zero-order valence-electron chi connectivity index (χ0n) is 17.1. The molecule has 3 rings (SSSR count). The molecule has 0 heterocycles. The van der Waals surface area contributed by atoms with Crippen LogP contribution in [0, 0.1) is 20.8 Å². The van der Waals surface area contributed by atoms with Gasteiger partial charge in [0.25, 0.3) is 10.0 Å². The largest absolute Gasteiger partial charge is 0.323 e. The van der Waals surface area contributed by atoms with Gasteiger partial charge in [-0.2, -0.15) is 0 Å². The Balaban J connectivity index is 1.67. The highest BCUT2D eigenvalue weighted by atomic mass is 32.2. The molecule has 0 radical (unpaired) electrons. The van der Waals surface area contributed by atoms with E-state index in [1.165, 1.54) is 18.2 Å². The highest BCUT2D eigenvalue weighted by Crippen LogP contribution is 2.22. The molecule has 0 atom stereocenters. The zero-order chi connectivity index (χ0) is 21.7. The number of hydrogen-bond donors (Lipinski definition) is 2. The average molecular weight is 421 g/mol. The predicted molar refractivity (Wildman–Crippen MR) is 122 cm³/mol. The maximum Gasteiger partial charge on any atom is 0.261 e. The van der Waals surface area contributed by atoms with Crippen molar-refractivity contribution < 1.29 is 13.2 Å². The van der Waals surface area contributed by atoms with Crippen molar-refractivity contribution in [3.63, 3.8) is 0 Å². The summed E-state index contributed by atoms with van der Waals surface area (Å²) in [7, 11) is -3.72. The van der Waals surface area contributed by atoms with Crippen LogP contribution in [-0.4, -0.2) is 14.3 Å². The molecular weight excluding hydrogens is 396 g/mol. The van der Waals surface area contributed by atoms with E-state index in [1.807, 2.05) is 57.2 Å². The summed E-state index contributed by atoms with van der Waals surface area (Å²) in [6.45, 7) is 5.75. The molecule has 0 spiro atoms. The molecule has 0 bridgehead atoms. The van der Waals surface area contributed by atoms with Crippen molar-refractivity contribution in [2.75, 3.05) is 10.0 Å². The lowest BCUT2D eigenvalue weighted by molar-refractivity contribution is -0.111. The van der Waals surface area contributed by atoms with Crippen LogP contribution in [0.4, 0.5) is 11.4 Å². The van der Waals surface area contributed by atoms with Crippen LogP contribution in [0.15, 0.2) is 77.7 Å². The average Bonchev–Trinajstić information content (AvgIpc) is 2.70. The second-order valence-electron chi connectivity index (χ2n) is 7.18. The summed E-state index contributed by atoms with van der Waals surface area (Å²) in [6.07, 6.45) is 3.17. The SMILES string of the molecule is Cc1ccc(C=CC(=O)Nc2ccc(S(=O)(=O)Nc3cc(C)ccc3C)cc2)cc1. The molecule has 30 heavy (non-hydrogen) atoms. The lowest BCUT2D eigenvalue weighted by atomic mass is 10.1. The first kappa shape index (κ1) is 21.3. The topological polar surface area (TPSA) is 75.3 Å². The van der Waals surface area contributed by atoms with Gasteiger partial charge in [0.05, 0.1) is 10.6 Å². The standard InChI is InChI=1S/C24H24N2O3S/c1-17-5-8-20(9-6-17)10-15-24(27)25-21-11-13-22(14-12-21)30(28,29)26-23-16-18(2)4-7-19(23)3/h4-16,26H,1-3H3,(H,25,27). The molecule has 5 nitrogen and oxygen atoms in total. The summed E-state index contributed by atoms with van der Waals surface area (Å²) in [4.78, 5) is 12.2. The minimum Gasteiger partial charge on any atom is -0.323 e. The Bertz CT molecular complexity index is 1180. The van der Waals surface area contributed by atoms with Crippen molar-refractivity contribution in [2.45, 2.75) is 25.7 Å². The summed E-state index contributed by atoms with van der Waals surface area (Å²) in [5.74, 6) is -0.292. The van der Waals surface area contributed by atoms with E-state index in [0.29, 0.717) is 11.4 Å². The van der Waals surface area contributed by atoms with Crippen LogP contribution in [0.5, 0.6) is 0 Å². The van der Waals surface area contributed by atoms with Gasteiger partial charge in [-0.3, -0.25) is 9.52 Å². The normalized spacial score (nSPS) is 11.4. The van der Waals surface area contributed by atoms with Gasteiger partial charge in [-0.15, -0.1) is 0 Å². The fraction of sp³-hybridized carbons (Fsp3) is 0.125. The molecule has 0 aliphatic carbocycles. The molecule has 0 aromatic heterocycles. The minimum absolute atomic E-state index is 0.122. The second-order valence-corrected chi connectivity index (χ2v) is 8.86. The first-order valence-electron chi connectivity index (χ1n) is 9.49. The number of amides is 1. The van der Waals surface area contributed by atoms with Crippen molar-refractivity contribution in [1.82, 2.24) is 0 Å². The fourth-order valence-corrected chi connectivity index (χ4v) is 3.92. The number of nitrogens with one attached hydrogen (secondary N) is 2. The zero-order valence-corrected chi connectivity index (χ0v) is 18.0. The van der Waals surface area contributed by atoms with Crippen LogP contribution in [0.3, 0.4) is 0 Å². The molecule has 6 heteroatoms. The molecule has 0 aliphatic heterocycles. The van der Waals surface area contributed by atoms with Crippen LogP contribution in [0.1, 0.15) is 22.3 Å². The van der Waals surface area contributed by atoms with Crippen molar-refractivity contribution in [3.8, 4) is 0 Å². The summed E-state index contributed by atoms with van der Waals surface area (Å²) >= 11 is 0. The third-order valence-corrected chi connectivity index (χ3v) is 5.96. The molecule has 2 N–H and O–H groups in total. The lowest BCUT2D eigenvalue weighted by Crippen LogP contribution is -2.14. The fourth-order valence-electron chi connectivity index (χ4n) is 2.80. The molecule has 0 aliphatic rings. The van der Waals surface area contributed by atoms with Gasteiger partial charge in [0.2, 0.25) is 5.91 Å². The first-order valence-corrected chi connectivity index (χ1v) is 11.0. The second kappa shape index (κ2) is 8.97. The quantitative estimate of drug-likeness (QED) is 0.547. The molecule has 0 saturated heterocycles. The van der Waals surface area contributed by atoms with Crippen molar-refractivity contribution >= 4 is 33.4 Å². The molecule has 0 fully saturated rings. The molecule has 3 aromatic carbocycles. The number of carbonyl (C=O) groups is 1. The van der Waals surface area contributed by atoms with Crippen LogP contribution in [0.2, 0.25) is 0 Å². The Labute approximate surface area is 177 Å². The smallest absolute Gasteiger partial charge is 0.261 e. The summed E-state index contributed by atoms with van der Waals surface area (Å²) in [5, 5.41) is 2.73. The monoisotopic (exact) mass is 420 g/mol. The molecule has 3 aromatic rings. The Morgan fingerprint density at radius 3 is 2.13 bits per heavy atom. The number of anilines is 2. The third kappa shape index (κ3) is 5.58. The van der Waals surface area contributed by atoms with E-state index < -0.39 is 10.0 Å². The van der Waals surface area contributed by atoms with E-state index in [1.54, 1.807) is 24.3 Å². The predicted octanol–water partition coefficient (Wildman–Crippen LogP) is 5.06. The molecular formula is C24H24N2O3S. The Hall–Kier alpha value is -3.38. The number of sulfonamides is 1. The lowest BCUT2D eigenvalue weighted by Gasteiger charge is -2.12. The number of rotatable bonds is 6. The molecule has 154 valence electrons. The van der Waals surface area contributed by atoms with Crippen LogP contribution in [-0.2, 0) is 14.8 Å². The van der Waals surface area contributed by atoms with Gasteiger partial charge in [-0.25, -0.2) is 8.42 Å². The van der Waals surface area contributed by atoms with E-state index in [4.69, 9.17) is 0 Å². The van der Waals surface area contributed by atoms with E-state index in [0.717, 1.165) is 22.3 Å². The first-order chi connectivity index (χ1) is 14.2. The number of carbonyl (C=O) groups excluding carboxylic acids is 1. The minimum atomic E-state index is -3.72. The molecule has 0 unspecified atom stereocenters. The van der Waals surface area contributed by atoms with Crippen LogP contribution < -0.4 is 10.0 Å². The van der Waals surface area contributed by atoms with Crippen LogP contribution in [0.25, 0.3) is 6.08 Å². The third-order valence-electron chi connectivity index (χ3n) is 4.57. The van der Waals surface area contributed by atoms with Gasteiger partial charge >= 0.3 is 0 Å². The Morgan fingerprint density at radius 2 is 1.47 bits per heavy atom. The number of hydrogen-bond acceptors (Lipinski definition) is 3. The highest BCUT2D eigenvalue weighted by Gasteiger charge is 2.15. The van der Waals surface area contributed by atoms with Crippen molar-refractivity contribution in [2.24, 2.45) is 0 Å². The molecule has 1 amide bonds. The number of aryl methyl sites for hydroxylation is 3. The molecule has 0 saturated carbocycles. The van der Waals surface area contributed by atoms with E-state index >= 15 is 0 Å². The van der Waals surface area contributed by atoms with E-state index in [9.17, 15) is 13.2 Å². The van der Waals surface area contributed by atoms with Gasteiger partial charge < -0.3 is 5.32 Å². The Morgan fingerprint density at radius 1 is 0.833 bits per heavy atom. The van der Waals surface area contributed by atoms with Crippen LogP contribution >= 0.6 is 0 Å². The van der Waals surface area contributed by atoms with E-state index in [-0.39, 0.29) is 10.8 Å². The highest BCUT2D eigenvalue weighted by molar-refractivity contribution is 7.92. The maximum atomic E-state index is 12.7. The summed E-state index contributed by atoms with van der Waals surface area (Å²) < 4.78 is 28.0. The van der Waals surface area contributed by atoms with Gasteiger partial charge in [0.1, 0.15) is 0 Å².